The van der Waals surface area contributed by atoms with Crippen molar-refractivity contribution in [2.45, 2.75) is 75.1 Å². The summed E-state index contributed by atoms with van der Waals surface area (Å²) in [6.45, 7) is 2.91. The maximum absolute atomic E-state index is 13.1. The molecule has 9 heteroatoms. The number of carbonyl (C=O) groups excluding carboxylic acids is 1. The molecule has 0 unspecified atom stereocenters. The van der Waals surface area contributed by atoms with Gasteiger partial charge in [0.25, 0.3) is 5.91 Å². The van der Waals surface area contributed by atoms with Crippen LogP contribution >= 0.6 is 0 Å². The van der Waals surface area contributed by atoms with Crippen molar-refractivity contribution in [2.75, 3.05) is 20.1 Å². The van der Waals surface area contributed by atoms with Crippen LogP contribution in [0.1, 0.15) is 74.0 Å². The van der Waals surface area contributed by atoms with Crippen LogP contribution in [0.15, 0.2) is 10.6 Å². The van der Waals surface area contributed by atoms with Crippen molar-refractivity contribution >= 4 is 15.9 Å². The van der Waals surface area contributed by atoms with Crippen LogP contribution in [-0.4, -0.2) is 61.3 Å². The van der Waals surface area contributed by atoms with Gasteiger partial charge in [0.2, 0.25) is 10.0 Å². The van der Waals surface area contributed by atoms with E-state index in [1.165, 1.54) is 0 Å². The summed E-state index contributed by atoms with van der Waals surface area (Å²) in [7, 11) is -1.35. The second-order valence-corrected chi connectivity index (χ2v) is 11.1. The summed E-state index contributed by atoms with van der Waals surface area (Å²) >= 11 is 0. The van der Waals surface area contributed by atoms with E-state index in [9.17, 15) is 13.2 Å². The van der Waals surface area contributed by atoms with Gasteiger partial charge in [-0.15, -0.1) is 0 Å². The fourth-order valence-corrected chi connectivity index (χ4v) is 6.70. The number of carbonyl (C=O) groups is 1. The van der Waals surface area contributed by atoms with E-state index in [0.29, 0.717) is 50.0 Å². The van der Waals surface area contributed by atoms with Gasteiger partial charge in [-0.1, -0.05) is 12.1 Å². The first-order valence-corrected chi connectivity index (χ1v) is 12.3. The van der Waals surface area contributed by atoms with Crippen molar-refractivity contribution in [3.63, 3.8) is 0 Å². The Kier molecular flexibility index (Phi) is 5.99. The zero-order chi connectivity index (χ0) is 20.6. The number of nitrogens with one attached hydrogen (secondary N) is 2. The SMILES string of the molecule is CN[C@H]1CC[C@@H](S(=O)(=O)N2CC[C@@H](NC(=O)c3cc(C4CC4)on3)[C@@H](C)C2)CC1. The molecule has 0 spiro atoms. The Labute approximate surface area is 172 Å². The molecule has 2 aliphatic carbocycles. The molecule has 4 rings (SSSR count). The Morgan fingerprint density at radius 3 is 2.52 bits per heavy atom. The first-order chi connectivity index (χ1) is 13.9. The van der Waals surface area contributed by atoms with Crippen molar-refractivity contribution in [3.05, 3.63) is 17.5 Å². The van der Waals surface area contributed by atoms with Gasteiger partial charge in [0.1, 0.15) is 5.76 Å². The molecule has 29 heavy (non-hydrogen) atoms. The Morgan fingerprint density at radius 1 is 1.17 bits per heavy atom. The molecule has 0 bridgehead atoms. The molecule has 1 aromatic rings. The fourth-order valence-electron chi connectivity index (χ4n) is 4.61. The van der Waals surface area contributed by atoms with Crippen molar-refractivity contribution < 1.29 is 17.7 Å². The number of sulfonamides is 1. The van der Waals surface area contributed by atoms with Gasteiger partial charge in [-0.25, -0.2) is 12.7 Å². The Hall–Kier alpha value is -1.45. The highest BCUT2D eigenvalue weighted by atomic mass is 32.2. The van der Waals surface area contributed by atoms with E-state index in [2.05, 4.69) is 15.8 Å². The molecule has 162 valence electrons. The topological polar surface area (TPSA) is 105 Å². The molecule has 1 aliphatic heterocycles. The maximum Gasteiger partial charge on any atom is 0.273 e. The number of hydrogen-bond acceptors (Lipinski definition) is 6. The highest BCUT2D eigenvalue weighted by Crippen LogP contribution is 2.40. The van der Waals surface area contributed by atoms with Crippen molar-refractivity contribution in [3.8, 4) is 0 Å². The van der Waals surface area contributed by atoms with Crippen molar-refractivity contribution in [1.29, 1.82) is 0 Å². The average Bonchev–Trinajstić information content (AvgIpc) is 3.45. The molecule has 8 nitrogen and oxygen atoms in total. The molecule has 3 aliphatic rings. The normalized spacial score (nSPS) is 31.5. The monoisotopic (exact) mass is 424 g/mol. The molecule has 2 saturated carbocycles. The molecule has 1 saturated heterocycles. The van der Waals surface area contributed by atoms with Crippen LogP contribution in [0.5, 0.6) is 0 Å². The Balaban J connectivity index is 1.32. The van der Waals surface area contributed by atoms with Crippen LogP contribution < -0.4 is 10.6 Å². The summed E-state index contributed by atoms with van der Waals surface area (Å²) in [4.78, 5) is 12.5. The molecule has 3 fully saturated rings. The first kappa shape index (κ1) is 20.8. The fraction of sp³-hybridized carbons (Fsp3) is 0.800. The van der Waals surface area contributed by atoms with Crippen molar-refractivity contribution in [2.24, 2.45) is 5.92 Å². The van der Waals surface area contributed by atoms with Gasteiger partial charge in [0.05, 0.1) is 5.25 Å². The summed E-state index contributed by atoms with van der Waals surface area (Å²) in [6.07, 6.45) is 6.05. The van der Waals surface area contributed by atoms with E-state index in [0.717, 1.165) is 31.4 Å². The van der Waals surface area contributed by atoms with Crippen LogP contribution in [0.25, 0.3) is 0 Å². The van der Waals surface area contributed by atoms with Gasteiger partial charge in [-0.2, -0.15) is 0 Å². The summed E-state index contributed by atoms with van der Waals surface area (Å²) in [6, 6.07) is 2.10. The molecule has 0 aromatic carbocycles. The highest BCUT2D eigenvalue weighted by molar-refractivity contribution is 7.89. The minimum Gasteiger partial charge on any atom is -0.360 e. The van der Waals surface area contributed by atoms with Gasteiger partial charge >= 0.3 is 0 Å². The zero-order valence-corrected chi connectivity index (χ0v) is 18.1. The van der Waals surface area contributed by atoms with Crippen LogP contribution in [0.2, 0.25) is 0 Å². The van der Waals surface area contributed by atoms with Crippen LogP contribution in [-0.2, 0) is 10.0 Å². The van der Waals surface area contributed by atoms with E-state index >= 15 is 0 Å². The predicted octanol–water partition coefficient (Wildman–Crippen LogP) is 1.85. The lowest BCUT2D eigenvalue weighted by molar-refractivity contribution is 0.0891. The smallest absolute Gasteiger partial charge is 0.273 e. The molecule has 2 N–H and O–H groups in total. The van der Waals surface area contributed by atoms with Gasteiger partial charge in [-0.05, 0) is 57.9 Å². The van der Waals surface area contributed by atoms with E-state index in [-0.39, 0.29) is 23.1 Å². The second-order valence-electron chi connectivity index (χ2n) is 8.90. The number of rotatable bonds is 6. The largest absolute Gasteiger partial charge is 0.360 e. The second kappa shape index (κ2) is 8.35. The van der Waals surface area contributed by atoms with E-state index in [4.69, 9.17) is 4.52 Å². The van der Waals surface area contributed by atoms with Gasteiger partial charge in [0.15, 0.2) is 5.69 Å². The van der Waals surface area contributed by atoms with E-state index in [1.54, 1.807) is 10.4 Å². The summed E-state index contributed by atoms with van der Waals surface area (Å²) in [5.74, 6) is 1.02. The zero-order valence-electron chi connectivity index (χ0n) is 17.3. The molecule has 1 amide bonds. The number of amides is 1. The third-order valence-electron chi connectivity index (χ3n) is 6.79. The third kappa shape index (κ3) is 4.51. The number of hydrogen-bond donors (Lipinski definition) is 2. The predicted molar refractivity (Wildman–Crippen MR) is 109 cm³/mol. The van der Waals surface area contributed by atoms with Gasteiger partial charge in [0, 0.05) is 37.2 Å². The average molecular weight is 425 g/mol. The molecular formula is C20H32N4O4S. The first-order valence-electron chi connectivity index (χ1n) is 10.8. The minimum absolute atomic E-state index is 0.0472. The molecule has 1 aromatic heterocycles. The van der Waals surface area contributed by atoms with Crippen LogP contribution in [0, 0.1) is 5.92 Å². The standard InChI is InChI=1S/C20H32N4O4S/c1-13-12-24(29(26,27)16-7-5-15(21-2)6-8-16)10-9-17(13)22-20(25)18-11-19(28-23-18)14-3-4-14/h11,13-17,21H,3-10,12H2,1-2H3,(H,22,25)/t13-,15-,16+,17+/m0/s1. The summed E-state index contributed by atoms with van der Waals surface area (Å²) < 4.78 is 33.1. The number of piperidine rings is 1. The quantitative estimate of drug-likeness (QED) is 0.722. The van der Waals surface area contributed by atoms with Crippen LogP contribution in [0.4, 0.5) is 0 Å². The summed E-state index contributed by atoms with van der Waals surface area (Å²) in [5.41, 5.74) is 0.315. The maximum atomic E-state index is 13.1. The molecule has 2 atom stereocenters. The van der Waals surface area contributed by atoms with Crippen LogP contribution in [0.3, 0.4) is 0 Å². The van der Waals surface area contributed by atoms with Crippen molar-refractivity contribution in [1.82, 2.24) is 20.1 Å². The third-order valence-corrected chi connectivity index (χ3v) is 9.15. The van der Waals surface area contributed by atoms with E-state index in [1.807, 2.05) is 14.0 Å². The van der Waals surface area contributed by atoms with Gasteiger partial charge < -0.3 is 15.2 Å². The molecule has 0 radical (unpaired) electrons. The van der Waals surface area contributed by atoms with Gasteiger partial charge in [-0.3, -0.25) is 4.79 Å². The highest BCUT2D eigenvalue weighted by Gasteiger charge is 2.39. The summed E-state index contributed by atoms with van der Waals surface area (Å²) in [5, 5.41) is 9.90. The molecular weight excluding hydrogens is 392 g/mol. The lowest BCUT2D eigenvalue weighted by Gasteiger charge is -2.39. The molecule has 2 heterocycles. The Morgan fingerprint density at radius 2 is 1.90 bits per heavy atom. The Bertz CT molecular complexity index is 827. The minimum atomic E-state index is -3.29. The lowest BCUT2D eigenvalue weighted by atomic mass is 9.95. The lowest BCUT2D eigenvalue weighted by Crippen LogP contribution is -2.53. The number of aromatic nitrogens is 1. The number of nitrogens with zero attached hydrogens (tertiary/aromatic N) is 2. The van der Waals surface area contributed by atoms with E-state index < -0.39 is 10.0 Å².